The third-order valence-corrected chi connectivity index (χ3v) is 5.88. The second-order valence-electron chi connectivity index (χ2n) is 7.48. The van der Waals surface area contributed by atoms with Crippen LogP contribution in [0.5, 0.6) is 0 Å². The third-order valence-electron chi connectivity index (χ3n) is 5.51. The van der Waals surface area contributed by atoms with Crippen LogP contribution >= 0.6 is 11.6 Å². The Morgan fingerprint density at radius 1 is 1.32 bits per heavy atom. The Morgan fingerprint density at radius 3 is 2.77 bits per heavy atom. The lowest BCUT2D eigenvalue weighted by Crippen LogP contribution is -2.35. The molecule has 3 N–H and O–H groups in total. The van der Waals surface area contributed by atoms with Crippen molar-refractivity contribution in [2.24, 2.45) is 5.73 Å². The van der Waals surface area contributed by atoms with Crippen molar-refractivity contribution in [2.75, 3.05) is 11.4 Å². The number of halogens is 4. The second kappa shape index (κ2) is 8.01. The van der Waals surface area contributed by atoms with Crippen molar-refractivity contribution in [3.05, 3.63) is 73.9 Å². The number of nitrogens with one attached hydrogen (secondary N) is 1. The molecule has 0 saturated carbocycles. The van der Waals surface area contributed by atoms with E-state index in [0.717, 1.165) is 11.1 Å². The number of anilines is 1. The Hall–Kier alpha value is -2.85. The van der Waals surface area contributed by atoms with Crippen LogP contribution in [0, 0.1) is 6.92 Å². The summed E-state index contributed by atoms with van der Waals surface area (Å²) >= 11 is 6.11. The molecule has 1 aliphatic heterocycles. The predicted octanol–water partition coefficient (Wildman–Crippen LogP) is 3.10. The molecule has 11 heteroatoms. The van der Waals surface area contributed by atoms with Gasteiger partial charge in [0.15, 0.2) is 0 Å². The number of H-pyrrole nitrogens is 1. The molecule has 0 aliphatic carbocycles. The van der Waals surface area contributed by atoms with Crippen molar-refractivity contribution in [3.63, 3.8) is 0 Å². The lowest BCUT2D eigenvalue weighted by molar-refractivity contribution is -0.150. The maximum absolute atomic E-state index is 13.5. The molecule has 0 amide bonds. The number of aromatic amines is 1. The molecule has 1 aromatic carbocycles. The van der Waals surface area contributed by atoms with Gasteiger partial charge in [-0.1, -0.05) is 35.9 Å². The molecule has 1 aliphatic rings. The highest BCUT2D eigenvalue weighted by Crippen LogP contribution is 2.36. The van der Waals surface area contributed by atoms with E-state index < -0.39 is 17.8 Å². The summed E-state index contributed by atoms with van der Waals surface area (Å²) in [5.74, 6) is 0. The summed E-state index contributed by atoms with van der Waals surface area (Å²) in [4.78, 5) is 13.5. The molecule has 2 aromatic heterocycles. The predicted molar refractivity (Wildman–Crippen MR) is 110 cm³/mol. The number of hydrogen-bond acceptors (Lipinski definition) is 5. The zero-order valence-electron chi connectivity index (χ0n) is 16.6. The Bertz CT molecular complexity index is 1170. The number of rotatable bonds is 4. The van der Waals surface area contributed by atoms with Crippen molar-refractivity contribution < 1.29 is 13.2 Å². The number of fused-ring (bicyclic) bond motifs is 1. The number of aryl methyl sites for hydroxylation is 1. The molecule has 3 heterocycles. The first-order valence-electron chi connectivity index (χ1n) is 9.60. The Morgan fingerprint density at radius 2 is 2.06 bits per heavy atom. The Kier molecular flexibility index (Phi) is 5.52. The van der Waals surface area contributed by atoms with Crippen LogP contribution in [-0.4, -0.2) is 32.7 Å². The van der Waals surface area contributed by atoms with Crippen molar-refractivity contribution in [1.82, 2.24) is 20.0 Å². The van der Waals surface area contributed by atoms with Gasteiger partial charge < -0.3 is 10.6 Å². The van der Waals surface area contributed by atoms with Crippen LogP contribution < -0.4 is 16.2 Å². The fraction of sp³-hybridized carbons (Fsp3) is 0.350. The fourth-order valence-corrected chi connectivity index (χ4v) is 4.01. The van der Waals surface area contributed by atoms with Crippen molar-refractivity contribution in [3.8, 4) is 0 Å². The number of aromatic nitrogens is 4. The first kappa shape index (κ1) is 21.4. The largest absolute Gasteiger partial charge is 0.409 e. The monoisotopic (exact) mass is 452 g/mol. The van der Waals surface area contributed by atoms with E-state index in [2.05, 4.69) is 15.3 Å². The second-order valence-corrected chi connectivity index (χ2v) is 7.86. The van der Waals surface area contributed by atoms with Gasteiger partial charge in [0, 0.05) is 30.8 Å². The first-order valence-corrected chi connectivity index (χ1v) is 9.98. The van der Waals surface area contributed by atoms with Crippen molar-refractivity contribution in [1.29, 1.82) is 0 Å². The van der Waals surface area contributed by atoms with Crippen LogP contribution in [0.4, 0.5) is 18.9 Å². The van der Waals surface area contributed by atoms with E-state index in [9.17, 15) is 18.0 Å². The molecule has 0 radical (unpaired) electrons. The van der Waals surface area contributed by atoms with Crippen molar-refractivity contribution in [2.45, 2.75) is 38.7 Å². The minimum absolute atomic E-state index is 0.0626. The maximum Gasteiger partial charge on any atom is 0.409 e. The molecule has 164 valence electrons. The molecular formula is C20H20ClF3N6O. The van der Waals surface area contributed by atoms with E-state index in [0.29, 0.717) is 36.5 Å². The molecule has 4 rings (SSSR count). The summed E-state index contributed by atoms with van der Waals surface area (Å²) in [5, 5.41) is 10.2. The molecule has 0 bridgehead atoms. The number of nitrogens with two attached hydrogens (primary N) is 1. The van der Waals surface area contributed by atoms with Crippen LogP contribution in [0.1, 0.15) is 34.1 Å². The number of benzene rings is 1. The summed E-state index contributed by atoms with van der Waals surface area (Å²) in [6, 6.07) is 5.43. The number of hydrogen-bond donors (Lipinski definition) is 2. The Balaban J connectivity index is 1.77. The van der Waals surface area contributed by atoms with Gasteiger partial charge in [-0.3, -0.25) is 9.48 Å². The SMILES string of the molecule is Cc1ccccc1Cn1nc([C@H](N)C(F)(F)F)c2c1CCN(c1cn[nH]c(=O)c1Cl)C2. The van der Waals surface area contributed by atoms with Gasteiger partial charge in [0.2, 0.25) is 0 Å². The fourth-order valence-electron chi connectivity index (χ4n) is 3.80. The minimum atomic E-state index is -4.64. The molecule has 31 heavy (non-hydrogen) atoms. The standard InChI is InChI=1S/C20H20ClF3N6O/c1-11-4-2-3-5-12(11)9-30-14-6-7-29(15-8-26-27-19(31)16(15)21)10-13(14)17(28-30)18(25)20(22,23)24/h2-5,8,18H,6-7,9-10,25H2,1H3,(H,27,31)/t18-/m0/s1. The average molecular weight is 453 g/mol. The van der Waals surface area contributed by atoms with Gasteiger partial charge in [0.05, 0.1) is 24.1 Å². The van der Waals surface area contributed by atoms with Crippen LogP contribution in [0.3, 0.4) is 0 Å². The molecule has 0 unspecified atom stereocenters. The Labute approximate surface area is 180 Å². The van der Waals surface area contributed by atoms with Crippen LogP contribution in [0.15, 0.2) is 35.3 Å². The smallest absolute Gasteiger partial charge is 0.364 e. The molecule has 0 fully saturated rings. The normalized spacial score (nSPS) is 15.1. The van der Waals surface area contributed by atoms with Gasteiger partial charge in [0.1, 0.15) is 11.1 Å². The molecule has 1 atom stereocenters. The summed E-state index contributed by atoms with van der Waals surface area (Å²) in [6.07, 6.45) is -2.83. The highest BCUT2D eigenvalue weighted by Gasteiger charge is 2.42. The van der Waals surface area contributed by atoms with E-state index >= 15 is 0 Å². The van der Waals surface area contributed by atoms with Gasteiger partial charge in [0.25, 0.3) is 5.56 Å². The quantitative estimate of drug-likeness (QED) is 0.634. The van der Waals surface area contributed by atoms with E-state index in [4.69, 9.17) is 17.3 Å². The summed E-state index contributed by atoms with van der Waals surface area (Å²) in [7, 11) is 0. The zero-order chi connectivity index (χ0) is 22.3. The summed E-state index contributed by atoms with van der Waals surface area (Å²) in [5.41, 5.74) is 8.22. The summed E-state index contributed by atoms with van der Waals surface area (Å²) in [6.45, 7) is 2.81. The highest BCUT2D eigenvalue weighted by atomic mass is 35.5. The van der Waals surface area contributed by atoms with Gasteiger partial charge in [-0.25, -0.2) is 5.10 Å². The third kappa shape index (κ3) is 4.05. The maximum atomic E-state index is 13.5. The zero-order valence-corrected chi connectivity index (χ0v) is 17.3. The van der Waals surface area contributed by atoms with Gasteiger partial charge in [-0.2, -0.15) is 23.4 Å². The lowest BCUT2D eigenvalue weighted by Gasteiger charge is -2.30. The number of nitrogens with zero attached hydrogens (tertiary/aromatic N) is 4. The first-order chi connectivity index (χ1) is 14.7. The molecule has 3 aromatic rings. The van der Waals surface area contributed by atoms with Crippen LogP contribution in [-0.2, 0) is 19.5 Å². The van der Waals surface area contributed by atoms with Gasteiger partial charge >= 0.3 is 6.18 Å². The lowest BCUT2D eigenvalue weighted by atomic mass is 10.0. The van der Waals surface area contributed by atoms with Crippen LogP contribution in [0.2, 0.25) is 5.02 Å². The highest BCUT2D eigenvalue weighted by molar-refractivity contribution is 6.33. The molecule has 0 spiro atoms. The van der Waals surface area contributed by atoms with Crippen LogP contribution in [0.25, 0.3) is 0 Å². The van der Waals surface area contributed by atoms with Crippen molar-refractivity contribution >= 4 is 17.3 Å². The number of alkyl halides is 3. The van der Waals surface area contributed by atoms with Gasteiger partial charge in [-0.05, 0) is 18.1 Å². The molecule has 0 saturated heterocycles. The topological polar surface area (TPSA) is 92.8 Å². The summed E-state index contributed by atoms with van der Waals surface area (Å²) < 4.78 is 42.0. The van der Waals surface area contributed by atoms with E-state index in [1.165, 1.54) is 6.20 Å². The van der Waals surface area contributed by atoms with Gasteiger partial charge in [-0.15, -0.1) is 0 Å². The van der Waals surface area contributed by atoms with E-state index in [1.807, 2.05) is 31.2 Å². The molecular weight excluding hydrogens is 433 g/mol. The van der Waals surface area contributed by atoms with E-state index in [1.54, 1.807) is 9.58 Å². The molecule has 7 nitrogen and oxygen atoms in total. The minimum Gasteiger partial charge on any atom is -0.364 e. The van der Waals surface area contributed by atoms with E-state index in [-0.39, 0.29) is 17.3 Å². The average Bonchev–Trinajstić information content (AvgIpc) is 3.08.